The normalized spacial score (nSPS) is 12.2. The molecule has 1 aromatic heterocycles. The summed E-state index contributed by atoms with van der Waals surface area (Å²) in [4.78, 5) is 7.79. The molecule has 4 heteroatoms. The van der Waals surface area contributed by atoms with Gasteiger partial charge < -0.3 is 9.84 Å². The number of ether oxygens (including phenoxy) is 1. The van der Waals surface area contributed by atoms with Gasteiger partial charge in [0.2, 0.25) is 5.88 Å². The molecule has 0 bridgehead atoms. The first kappa shape index (κ1) is 8.67. The molecule has 0 saturated heterocycles. The Morgan fingerprint density at radius 2 is 2.33 bits per heavy atom. The van der Waals surface area contributed by atoms with Crippen LogP contribution in [0.15, 0.2) is 25.0 Å². The molecular formula is C8H10N2O2. The summed E-state index contributed by atoms with van der Waals surface area (Å²) in [6, 6.07) is 0. The van der Waals surface area contributed by atoms with Crippen molar-refractivity contribution in [3.8, 4) is 5.88 Å². The third-order valence-electron chi connectivity index (χ3n) is 1.38. The average Bonchev–Trinajstić information content (AvgIpc) is 2.17. The van der Waals surface area contributed by atoms with Gasteiger partial charge in [-0.25, -0.2) is 4.98 Å². The van der Waals surface area contributed by atoms with E-state index in [1.54, 1.807) is 0 Å². The molecule has 1 unspecified atom stereocenters. The third kappa shape index (κ3) is 1.79. The first-order valence-electron chi connectivity index (χ1n) is 3.44. The van der Waals surface area contributed by atoms with Crippen molar-refractivity contribution < 1.29 is 9.84 Å². The second-order valence-electron chi connectivity index (χ2n) is 2.16. The van der Waals surface area contributed by atoms with Gasteiger partial charge in [-0.05, 0) is 0 Å². The van der Waals surface area contributed by atoms with Crippen LogP contribution in [0.25, 0.3) is 0 Å². The van der Waals surface area contributed by atoms with Crippen LogP contribution in [0, 0.1) is 0 Å². The van der Waals surface area contributed by atoms with E-state index in [9.17, 15) is 5.11 Å². The van der Waals surface area contributed by atoms with Gasteiger partial charge in [0.05, 0.1) is 25.2 Å². The lowest BCUT2D eigenvalue weighted by atomic mass is 10.3. The van der Waals surface area contributed by atoms with E-state index in [0.717, 1.165) is 0 Å². The summed E-state index contributed by atoms with van der Waals surface area (Å²) in [5, 5.41) is 9.23. The molecule has 0 aliphatic heterocycles. The van der Waals surface area contributed by atoms with E-state index in [0.29, 0.717) is 11.6 Å². The Morgan fingerprint density at radius 1 is 1.58 bits per heavy atom. The minimum atomic E-state index is -0.761. The molecule has 4 nitrogen and oxygen atoms in total. The molecule has 12 heavy (non-hydrogen) atoms. The molecule has 0 aliphatic rings. The van der Waals surface area contributed by atoms with Gasteiger partial charge in [0, 0.05) is 0 Å². The van der Waals surface area contributed by atoms with Crippen molar-refractivity contribution in [3.63, 3.8) is 0 Å². The zero-order chi connectivity index (χ0) is 8.97. The Hall–Kier alpha value is -1.42. The van der Waals surface area contributed by atoms with Crippen LogP contribution < -0.4 is 4.74 Å². The van der Waals surface area contributed by atoms with Gasteiger partial charge in [-0.3, -0.25) is 4.98 Å². The second-order valence-corrected chi connectivity index (χ2v) is 2.16. The SMILES string of the molecule is C=CC(O)c1cnc(OC)cn1. The highest BCUT2D eigenvalue weighted by Crippen LogP contribution is 2.10. The van der Waals surface area contributed by atoms with E-state index in [-0.39, 0.29) is 0 Å². The maximum atomic E-state index is 9.23. The molecule has 1 aromatic rings. The molecule has 0 saturated carbocycles. The number of hydrogen-bond donors (Lipinski definition) is 1. The fraction of sp³-hybridized carbons (Fsp3) is 0.250. The van der Waals surface area contributed by atoms with E-state index >= 15 is 0 Å². The summed E-state index contributed by atoms with van der Waals surface area (Å²) in [6.07, 6.45) is 3.52. The number of hydrogen-bond acceptors (Lipinski definition) is 4. The van der Waals surface area contributed by atoms with Crippen molar-refractivity contribution in [2.45, 2.75) is 6.10 Å². The topological polar surface area (TPSA) is 55.2 Å². The Bertz CT molecular complexity index is 258. The van der Waals surface area contributed by atoms with Crippen LogP contribution in [-0.2, 0) is 0 Å². The van der Waals surface area contributed by atoms with Gasteiger partial charge in [0.25, 0.3) is 0 Å². The fourth-order valence-electron chi connectivity index (χ4n) is 0.705. The highest BCUT2D eigenvalue weighted by molar-refractivity contribution is 5.11. The van der Waals surface area contributed by atoms with E-state index < -0.39 is 6.10 Å². The third-order valence-corrected chi connectivity index (χ3v) is 1.38. The zero-order valence-electron chi connectivity index (χ0n) is 6.77. The first-order valence-corrected chi connectivity index (χ1v) is 3.44. The molecule has 64 valence electrons. The smallest absolute Gasteiger partial charge is 0.231 e. The molecule has 0 radical (unpaired) electrons. The van der Waals surface area contributed by atoms with E-state index in [1.165, 1.54) is 25.6 Å². The van der Waals surface area contributed by atoms with Crippen LogP contribution in [0.3, 0.4) is 0 Å². The van der Waals surface area contributed by atoms with Gasteiger partial charge in [0.15, 0.2) is 0 Å². The molecule has 0 aromatic carbocycles. The zero-order valence-corrected chi connectivity index (χ0v) is 6.77. The average molecular weight is 166 g/mol. The maximum Gasteiger partial charge on any atom is 0.231 e. The summed E-state index contributed by atoms with van der Waals surface area (Å²) in [5.74, 6) is 0.426. The maximum absolute atomic E-state index is 9.23. The highest BCUT2D eigenvalue weighted by Gasteiger charge is 2.04. The van der Waals surface area contributed by atoms with Crippen molar-refractivity contribution in [2.75, 3.05) is 7.11 Å². The molecular weight excluding hydrogens is 156 g/mol. The molecule has 1 rings (SSSR count). The van der Waals surface area contributed by atoms with Gasteiger partial charge in [-0.2, -0.15) is 0 Å². The number of methoxy groups -OCH3 is 1. The first-order chi connectivity index (χ1) is 5.77. The predicted molar refractivity (Wildman–Crippen MR) is 43.7 cm³/mol. The summed E-state index contributed by atoms with van der Waals surface area (Å²) < 4.78 is 4.80. The monoisotopic (exact) mass is 166 g/mol. The van der Waals surface area contributed by atoms with Crippen molar-refractivity contribution in [1.29, 1.82) is 0 Å². The van der Waals surface area contributed by atoms with Crippen LogP contribution in [0.5, 0.6) is 5.88 Å². The lowest BCUT2D eigenvalue weighted by Gasteiger charge is -2.03. The van der Waals surface area contributed by atoms with Gasteiger partial charge in [0.1, 0.15) is 6.10 Å². The fourth-order valence-corrected chi connectivity index (χ4v) is 0.705. The number of aliphatic hydroxyl groups excluding tert-OH is 1. The van der Waals surface area contributed by atoms with Crippen LogP contribution in [-0.4, -0.2) is 22.2 Å². The number of nitrogens with zero attached hydrogens (tertiary/aromatic N) is 2. The summed E-state index contributed by atoms with van der Waals surface area (Å²) in [5.41, 5.74) is 0.464. The minimum Gasteiger partial charge on any atom is -0.480 e. The Balaban J connectivity index is 2.84. The molecule has 0 aliphatic carbocycles. The molecule has 0 spiro atoms. The van der Waals surface area contributed by atoms with Crippen molar-refractivity contribution in [2.24, 2.45) is 0 Å². The van der Waals surface area contributed by atoms with Gasteiger partial charge >= 0.3 is 0 Å². The molecule has 1 N–H and O–H groups in total. The van der Waals surface area contributed by atoms with Crippen LogP contribution in [0.4, 0.5) is 0 Å². The summed E-state index contributed by atoms with van der Waals surface area (Å²) >= 11 is 0. The Labute approximate surface area is 70.5 Å². The minimum absolute atomic E-state index is 0.426. The van der Waals surface area contributed by atoms with E-state index in [1.807, 2.05) is 0 Å². The highest BCUT2D eigenvalue weighted by atomic mass is 16.5. The van der Waals surface area contributed by atoms with Crippen molar-refractivity contribution in [1.82, 2.24) is 9.97 Å². The van der Waals surface area contributed by atoms with Crippen LogP contribution in [0.2, 0.25) is 0 Å². The quantitative estimate of drug-likeness (QED) is 0.672. The van der Waals surface area contributed by atoms with Gasteiger partial charge in [-0.1, -0.05) is 6.08 Å². The molecule has 0 fully saturated rings. The predicted octanol–water partition coefficient (Wildman–Crippen LogP) is 0.705. The van der Waals surface area contributed by atoms with Crippen LogP contribution >= 0.6 is 0 Å². The molecule has 1 heterocycles. The van der Waals surface area contributed by atoms with Crippen molar-refractivity contribution >= 4 is 0 Å². The van der Waals surface area contributed by atoms with Crippen molar-refractivity contribution in [3.05, 3.63) is 30.7 Å². The number of aromatic nitrogens is 2. The standard InChI is InChI=1S/C8H10N2O2/c1-3-7(11)6-4-10-8(12-2)5-9-6/h3-5,7,11H,1H2,2H3. The summed E-state index contributed by atoms with van der Waals surface area (Å²) in [7, 11) is 1.51. The van der Waals surface area contributed by atoms with Crippen LogP contribution in [0.1, 0.15) is 11.8 Å². The second kappa shape index (κ2) is 3.82. The molecule has 1 atom stereocenters. The van der Waals surface area contributed by atoms with E-state index in [2.05, 4.69) is 16.5 Å². The number of rotatable bonds is 3. The number of aliphatic hydroxyl groups is 1. The summed E-state index contributed by atoms with van der Waals surface area (Å²) in [6.45, 7) is 3.43. The lowest BCUT2D eigenvalue weighted by Crippen LogP contribution is -1.98. The van der Waals surface area contributed by atoms with Gasteiger partial charge in [-0.15, -0.1) is 6.58 Å². The Morgan fingerprint density at radius 3 is 2.75 bits per heavy atom. The Kier molecular flexibility index (Phi) is 2.76. The molecule has 0 amide bonds. The largest absolute Gasteiger partial charge is 0.480 e. The van der Waals surface area contributed by atoms with E-state index in [4.69, 9.17) is 4.74 Å². The lowest BCUT2D eigenvalue weighted by molar-refractivity contribution is 0.223.